The molecule has 0 bridgehead atoms. The third-order valence-electron chi connectivity index (χ3n) is 2.89. The third kappa shape index (κ3) is 2.18. The summed E-state index contributed by atoms with van der Waals surface area (Å²) in [4.78, 5) is 13.7. The molecule has 0 aliphatic heterocycles. The summed E-state index contributed by atoms with van der Waals surface area (Å²) in [5.74, 6) is -0.484. The predicted octanol–water partition coefficient (Wildman–Crippen LogP) is 2.76. The molecule has 0 unspecified atom stereocenters. The Morgan fingerprint density at radius 3 is 2.89 bits per heavy atom. The SMILES string of the molecule is Cc1cccc(Nc2cc3[nH]c(=O)oc3cc2N)c1. The molecule has 5 heteroatoms. The Morgan fingerprint density at radius 1 is 1.26 bits per heavy atom. The molecule has 0 amide bonds. The van der Waals surface area contributed by atoms with Crippen molar-refractivity contribution in [1.29, 1.82) is 0 Å². The molecule has 0 aliphatic carbocycles. The maximum absolute atomic E-state index is 11.1. The van der Waals surface area contributed by atoms with Crippen LogP contribution in [0.25, 0.3) is 11.1 Å². The summed E-state index contributed by atoms with van der Waals surface area (Å²) in [6.45, 7) is 2.02. The van der Waals surface area contributed by atoms with Gasteiger partial charge in [-0.25, -0.2) is 4.79 Å². The van der Waals surface area contributed by atoms with E-state index >= 15 is 0 Å². The van der Waals surface area contributed by atoms with Gasteiger partial charge in [-0.2, -0.15) is 0 Å². The Morgan fingerprint density at radius 2 is 2.11 bits per heavy atom. The minimum absolute atomic E-state index is 0.456. The number of anilines is 3. The number of hydrogen-bond donors (Lipinski definition) is 3. The number of aromatic amines is 1. The second-order valence-electron chi connectivity index (χ2n) is 4.44. The standard InChI is InChI=1S/C14H13N3O2/c1-8-3-2-4-9(5-8)16-11-7-12-13(6-10(11)15)19-14(18)17-12/h2-7,16H,15H2,1H3,(H,17,18). The fraction of sp³-hybridized carbons (Fsp3) is 0.0714. The summed E-state index contributed by atoms with van der Waals surface area (Å²) >= 11 is 0. The molecule has 19 heavy (non-hydrogen) atoms. The van der Waals surface area contributed by atoms with Gasteiger partial charge >= 0.3 is 5.76 Å². The molecule has 0 aliphatic rings. The molecule has 96 valence electrons. The molecule has 4 N–H and O–H groups in total. The Kier molecular flexibility index (Phi) is 2.52. The van der Waals surface area contributed by atoms with E-state index in [0.29, 0.717) is 16.8 Å². The van der Waals surface area contributed by atoms with E-state index in [1.165, 1.54) is 0 Å². The molecule has 2 aromatic carbocycles. The monoisotopic (exact) mass is 255 g/mol. The number of rotatable bonds is 2. The molecular weight excluding hydrogens is 242 g/mol. The number of oxazole rings is 1. The van der Waals surface area contributed by atoms with Crippen LogP contribution < -0.4 is 16.8 Å². The van der Waals surface area contributed by atoms with E-state index < -0.39 is 5.76 Å². The summed E-state index contributed by atoms with van der Waals surface area (Å²) in [5, 5.41) is 3.23. The van der Waals surface area contributed by atoms with Crippen LogP contribution in [0.15, 0.2) is 45.6 Å². The highest BCUT2D eigenvalue weighted by Crippen LogP contribution is 2.27. The van der Waals surface area contributed by atoms with Crippen molar-refractivity contribution in [1.82, 2.24) is 4.98 Å². The number of nitrogen functional groups attached to an aromatic ring is 1. The average molecular weight is 255 g/mol. The smallest absolute Gasteiger partial charge is 0.408 e. The summed E-state index contributed by atoms with van der Waals surface area (Å²) in [7, 11) is 0. The van der Waals surface area contributed by atoms with Crippen molar-refractivity contribution in [3.63, 3.8) is 0 Å². The van der Waals surface area contributed by atoms with Gasteiger partial charge in [-0.15, -0.1) is 0 Å². The number of aryl methyl sites for hydroxylation is 1. The van der Waals surface area contributed by atoms with Gasteiger partial charge in [-0.1, -0.05) is 12.1 Å². The summed E-state index contributed by atoms with van der Waals surface area (Å²) < 4.78 is 4.95. The van der Waals surface area contributed by atoms with Crippen LogP contribution >= 0.6 is 0 Å². The lowest BCUT2D eigenvalue weighted by molar-refractivity contribution is 0.555. The van der Waals surface area contributed by atoms with Gasteiger partial charge in [0.1, 0.15) is 0 Å². The molecule has 3 aromatic rings. The van der Waals surface area contributed by atoms with Crippen LogP contribution in [0.4, 0.5) is 17.1 Å². The lowest BCUT2D eigenvalue weighted by Gasteiger charge is -2.09. The molecule has 0 saturated carbocycles. The molecule has 1 heterocycles. The van der Waals surface area contributed by atoms with Gasteiger partial charge < -0.3 is 15.5 Å². The summed E-state index contributed by atoms with van der Waals surface area (Å²) in [5.41, 5.74) is 10.4. The first-order valence-electron chi connectivity index (χ1n) is 5.88. The minimum atomic E-state index is -0.484. The van der Waals surface area contributed by atoms with E-state index in [1.54, 1.807) is 12.1 Å². The first kappa shape index (κ1) is 11.4. The van der Waals surface area contributed by atoms with E-state index in [1.807, 2.05) is 31.2 Å². The zero-order valence-corrected chi connectivity index (χ0v) is 10.4. The van der Waals surface area contributed by atoms with Gasteiger partial charge in [0.2, 0.25) is 0 Å². The van der Waals surface area contributed by atoms with Crippen molar-refractivity contribution in [3.8, 4) is 0 Å². The van der Waals surface area contributed by atoms with Crippen molar-refractivity contribution in [2.75, 3.05) is 11.1 Å². The minimum Gasteiger partial charge on any atom is -0.408 e. The number of hydrogen-bond acceptors (Lipinski definition) is 4. The number of aromatic nitrogens is 1. The highest BCUT2D eigenvalue weighted by atomic mass is 16.4. The summed E-state index contributed by atoms with van der Waals surface area (Å²) in [6, 6.07) is 11.3. The van der Waals surface area contributed by atoms with Crippen LogP contribution in [0.5, 0.6) is 0 Å². The fourth-order valence-electron chi connectivity index (χ4n) is 2.00. The van der Waals surface area contributed by atoms with Gasteiger partial charge in [-0.3, -0.25) is 4.98 Å². The Hall–Kier alpha value is -2.69. The Labute approximate surface area is 109 Å². The molecule has 0 atom stereocenters. The number of nitrogens with two attached hydrogens (primary N) is 1. The maximum atomic E-state index is 11.1. The quantitative estimate of drug-likeness (QED) is 0.615. The van der Waals surface area contributed by atoms with Crippen molar-refractivity contribution >= 4 is 28.2 Å². The van der Waals surface area contributed by atoms with E-state index in [2.05, 4.69) is 10.3 Å². The van der Waals surface area contributed by atoms with E-state index in [4.69, 9.17) is 10.2 Å². The van der Waals surface area contributed by atoms with Gasteiger partial charge in [0.15, 0.2) is 5.58 Å². The van der Waals surface area contributed by atoms with Gasteiger partial charge in [0.05, 0.1) is 16.9 Å². The summed E-state index contributed by atoms with van der Waals surface area (Å²) in [6.07, 6.45) is 0. The largest absolute Gasteiger partial charge is 0.417 e. The zero-order valence-electron chi connectivity index (χ0n) is 10.4. The molecule has 5 nitrogen and oxygen atoms in total. The second kappa shape index (κ2) is 4.20. The van der Waals surface area contributed by atoms with E-state index in [9.17, 15) is 4.79 Å². The number of nitrogens with one attached hydrogen (secondary N) is 2. The molecule has 0 radical (unpaired) electrons. The van der Waals surface area contributed by atoms with Crippen LogP contribution in [-0.2, 0) is 0 Å². The lowest BCUT2D eigenvalue weighted by atomic mass is 10.2. The van der Waals surface area contributed by atoms with Crippen LogP contribution in [0, 0.1) is 6.92 Å². The van der Waals surface area contributed by atoms with Crippen LogP contribution in [-0.4, -0.2) is 4.98 Å². The van der Waals surface area contributed by atoms with Crippen LogP contribution in [0.3, 0.4) is 0 Å². The van der Waals surface area contributed by atoms with Crippen molar-refractivity contribution in [2.24, 2.45) is 0 Å². The highest BCUT2D eigenvalue weighted by molar-refractivity contribution is 5.87. The van der Waals surface area contributed by atoms with E-state index in [-0.39, 0.29) is 0 Å². The maximum Gasteiger partial charge on any atom is 0.417 e. The van der Waals surface area contributed by atoms with Crippen molar-refractivity contribution in [3.05, 3.63) is 52.5 Å². The predicted molar refractivity (Wildman–Crippen MR) is 75.7 cm³/mol. The molecule has 1 aromatic heterocycles. The molecule has 0 fully saturated rings. The van der Waals surface area contributed by atoms with E-state index in [0.717, 1.165) is 16.9 Å². The first-order chi connectivity index (χ1) is 9.11. The molecule has 0 saturated heterocycles. The lowest BCUT2D eigenvalue weighted by Crippen LogP contribution is -1.96. The molecular formula is C14H13N3O2. The normalized spacial score (nSPS) is 10.8. The van der Waals surface area contributed by atoms with Gasteiger partial charge in [0, 0.05) is 11.8 Å². The Balaban J connectivity index is 2.04. The highest BCUT2D eigenvalue weighted by Gasteiger charge is 2.07. The van der Waals surface area contributed by atoms with Crippen molar-refractivity contribution < 1.29 is 4.42 Å². The number of fused-ring (bicyclic) bond motifs is 1. The van der Waals surface area contributed by atoms with Crippen LogP contribution in [0.2, 0.25) is 0 Å². The number of benzene rings is 2. The number of H-pyrrole nitrogens is 1. The first-order valence-corrected chi connectivity index (χ1v) is 5.88. The third-order valence-corrected chi connectivity index (χ3v) is 2.89. The zero-order chi connectivity index (χ0) is 13.4. The van der Waals surface area contributed by atoms with Crippen LogP contribution in [0.1, 0.15) is 5.56 Å². The fourth-order valence-corrected chi connectivity index (χ4v) is 2.00. The average Bonchev–Trinajstić information content (AvgIpc) is 2.69. The van der Waals surface area contributed by atoms with Gasteiger partial charge in [0.25, 0.3) is 0 Å². The Bertz CT molecular complexity index is 802. The van der Waals surface area contributed by atoms with Gasteiger partial charge in [-0.05, 0) is 30.7 Å². The topological polar surface area (TPSA) is 84.0 Å². The molecule has 3 rings (SSSR count). The van der Waals surface area contributed by atoms with Crippen molar-refractivity contribution in [2.45, 2.75) is 6.92 Å². The second-order valence-corrected chi connectivity index (χ2v) is 4.44. The molecule has 0 spiro atoms.